The Morgan fingerprint density at radius 3 is 2.78 bits per heavy atom. The molecule has 0 aromatic heterocycles. The Bertz CT molecular complexity index is 589. The van der Waals surface area contributed by atoms with Crippen LogP contribution in [-0.2, 0) is 17.9 Å². The molecular formula is C19H24ClNO2. The van der Waals surface area contributed by atoms with Crippen molar-refractivity contribution in [1.29, 1.82) is 0 Å². The van der Waals surface area contributed by atoms with Gasteiger partial charge >= 0.3 is 0 Å². The van der Waals surface area contributed by atoms with Crippen LogP contribution < -0.4 is 10.1 Å². The third kappa shape index (κ3) is 6.61. The number of halogens is 1. The van der Waals surface area contributed by atoms with E-state index < -0.39 is 0 Å². The average molecular weight is 334 g/mol. The van der Waals surface area contributed by atoms with E-state index in [-0.39, 0.29) is 0 Å². The van der Waals surface area contributed by atoms with Gasteiger partial charge < -0.3 is 14.8 Å². The summed E-state index contributed by atoms with van der Waals surface area (Å²) in [5.74, 6) is 0.860. The quantitative estimate of drug-likeness (QED) is 0.652. The Morgan fingerprint density at radius 1 is 1.09 bits per heavy atom. The summed E-state index contributed by atoms with van der Waals surface area (Å²) >= 11 is 6.14. The second-order valence-corrected chi connectivity index (χ2v) is 5.66. The maximum absolute atomic E-state index is 6.14. The lowest BCUT2D eigenvalue weighted by Gasteiger charge is -2.10. The Hall–Kier alpha value is -1.55. The lowest BCUT2D eigenvalue weighted by molar-refractivity contribution is 0.144. The van der Waals surface area contributed by atoms with Gasteiger partial charge in [-0.15, -0.1) is 0 Å². The first-order chi connectivity index (χ1) is 11.3. The molecule has 0 saturated heterocycles. The summed E-state index contributed by atoms with van der Waals surface area (Å²) in [6.07, 6.45) is 1.02. The number of rotatable bonds is 10. The molecule has 0 aliphatic rings. The van der Waals surface area contributed by atoms with E-state index in [9.17, 15) is 0 Å². The molecule has 0 aliphatic heterocycles. The van der Waals surface area contributed by atoms with Crippen LogP contribution in [0.1, 0.15) is 24.5 Å². The summed E-state index contributed by atoms with van der Waals surface area (Å²) in [6, 6.07) is 15.9. The maximum Gasteiger partial charge on any atom is 0.120 e. The van der Waals surface area contributed by atoms with Crippen LogP contribution in [0.25, 0.3) is 0 Å². The van der Waals surface area contributed by atoms with E-state index in [1.165, 1.54) is 5.56 Å². The largest absolute Gasteiger partial charge is 0.489 e. The highest BCUT2D eigenvalue weighted by molar-refractivity contribution is 6.31. The van der Waals surface area contributed by atoms with Crippen LogP contribution in [0.5, 0.6) is 5.75 Å². The van der Waals surface area contributed by atoms with Gasteiger partial charge in [0.2, 0.25) is 0 Å². The van der Waals surface area contributed by atoms with E-state index in [1.807, 2.05) is 43.3 Å². The number of hydrogen-bond donors (Lipinski definition) is 1. The molecule has 2 aromatic carbocycles. The zero-order valence-electron chi connectivity index (χ0n) is 13.6. The Morgan fingerprint density at radius 2 is 1.96 bits per heavy atom. The van der Waals surface area contributed by atoms with Crippen molar-refractivity contribution in [2.45, 2.75) is 26.5 Å². The normalized spacial score (nSPS) is 10.7. The zero-order valence-corrected chi connectivity index (χ0v) is 14.3. The lowest BCUT2D eigenvalue weighted by atomic mass is 10.2. The molecule has 0 heterocycles. The lowest BCUT2D eigenvalue weighted by Crippen LogP contribution is -2.16. The molecule has 2 rings (SSSR count). The fourth-order valence-electron chi connectivity index (χ4n) is 2.20. The smallest absolute Gasteiger partial charge is 0.120 e. The van der Waals surface area contributed by atoms with Crippen molar-refractivity contribution in [2.24, 2.45) is 0 Å². The van der Waals surface area contributed by atoms with Gasteiger partial charge in [-0.3, -0.25) is 0 Å². The highest BCUT2D eigenvalue weighted by atomic mass is 35.5. The fraction of sp³-hybridized carbons (Fsp3) is 0.368. The van der Waals surface area contributed by atoms with Gasteiger partial charge in [0.1, 0.15) is 12.4 Å². The molecule has 0 atom stereocenters. The fourth-order valence-corrected chi connectivity index (χ4v) is 2.39. The predicted octanol–water partition coefficient (Wildman–Crippen LogP) is 4.44. The minimum atomic E-state index is 0.477. The highest BCUT2D eigenvalue weighted by Crippen LogP contribution is 2.19. The molecule has 3 nitrogen and oxygen atoms in total. The third-order valence-corrected chi connectivity index (χ3v) is 3.79. The summed E-state index contributed by atoms with van der Waals surface area (Å²) in [5.41, 5.74) is 2.20. The highest BCUT2D eigenvalue weighted by Gasteiger charge is 2.01. The third-order valence-electron chi connectivity index (χ3n) is 3.43. The number of nitrogens with one attached hydrogen (secondary N) is 1. The minimum absolute atomic E-state index is 0.477. The van der Waals surface area contributed by atoms with E-state index in [1.54, 1.807) is 0 Å². The average Bonchev–Trinajstić information content (AvgIpc) is 2.58. The number of hydrogen-bond acceptors (Lipinski definition) is 3. The van der Waals surface area contributed by atoms with Crippen LogP contribution in [0.15, 0.2) is 48.5 Å². The minimum Gasteiger partial charge on any atom is -0.489 e. The van der Waals surface area contributed by atoms with Crippen LogP contribution in [0.4, 0.5) is 0 Å². The van der Waals surface area contributed by atoms with E-state index in [0.717, 1.165) is 49.1 Å². The van der Waals surface area contributed by atoms with Gasteiger partial charge in [-0.1, -0.05) is 41.9 Å². The molecule has 0 unspecified atom stereocenters. The Labute approximate surface area is 143 Å². The molecule has 1 N–H and O–H groups in total. The molecule has 0 saturated carbocycles. The monoisotopic (exact) mass is 333 g/mol. The van der Waals surface area contributed by atoms with Crippen molar-refractivity contribution in [1.82, 2.24) is 5.32 Å². The van der Waals surface area contributed by atoms with Crippen LogP contribution in [-0.4, -0.2) is 19.8 Å². The first kappa shape index (κ1) is 17.8. The van der Waals surface area contributed by atoms with Crippen LogP contribution in [0.3, 0.4) is 0 Å². The van der Waals surface area contributed by atoms with Gasteiger partial charge in [0, 0.05) is 30.3 Å². The van der Waals surface area contributed by atoms with Crippen LogP contribution >= 0.6 is 11.6 Å². The van der Waals surface area contributed by atoms with Gasteiger partial charge in [0.15, 0.2) is 0 Å². The van der Waals surface area contributed by atoms with Gasteiger partial charge in [-0.25, -0.2) is 0 Å². The molecule has 4 heteroatoms. The standard InChI is InChI=1S/C19H24ClNO2/c1-2-22-12-6-11-21-14-16-7-5-9-18(13-16)23-15-17-8-3-4-10-19(17)20/h3-5,7-10,13,21H,2,6,11-12,14-15H2,1H3. The molecule has 23 heavy (non-hydrogen) atoms. The SMILES string of the molecule is CCOCCCNCc1cccc(OCc2ccccc2Cl)c1. The van der Waals surface area contributed by atoms with E-state index in [4.69, 9.17) is 21.1 Å². The van der Waals surface area contributed by atoms with Gasteiger partial charge in [0.05, 0.1) is 0 Å². The molecule has 124 valence electrons. The summed E-state index contributed by atoms with van der Waals surface area (Å²) in [6.45, 7) is 5.86. The summed E-state index contributed by atoms with van der Waals surface area (Å²) in [4.78, 5) is 0. The molecule has 0 bridgehead atoms. The topological polar surface area (TPSA) is 30.5 Å². The summed E-state index contributed by atoms with van der Waals surface area (Å²) in [7, 11) is 0. The predicted molar refractivity (Wildman–Crippen MR) is 95.0 cm³/mol. The molecule has 0 amide bonds. The molecule has 0 spiro atoms. The van der Waals surface area contributed by atoms with E-state index >= 15 is 0 Å². The zero-order chi connectivity index (χ0) is 16.3. The van der Waals surface area contributed by atoms with Crippen molar-refractivity contribution < 1.29 is 9.47 Å². The summed E-state index contributed by atoms with van der Waals surface area (Å²) in [5, 5.41) is 4.15. The first-order valence-electron chi connectivity index (χ1n) is 8.03. The summed E-state index contributed by atoms with van der Waals surface area (Å²) < 4.78 is 11.2. The second-order valence-electron chi connectivity index (χ2n) is 5.25. The van der Waals surface area contributed by atoms with Gasteiger partial charge in [0.25, 0.3) is 0 Å². The van der Waals surface area contributed by atoms with Crippen LogP contribution in [0, 0.1) is 0 Å². The van der Waals surface area contributed by atoms with Crippen molar-refractivity contribution in [3.63, 3.8) is 0 Å². The Kier molecular flexibility index (Phi) is 7.95. The number of benzene rings is 2. The first-order valence-corrected chi connectivity index (χ1v) is 8.41. The van der Waals surface area contributed by atoms with E-state index in [2.05, 4.69) is 17.4 Å². The van der Waals surface area contributed by atoms with Crippen molar-refractivity contribution in [3.05, 3.63) is 64.7 Å². The van der Waals surface area contributed by atoms with E-state index in [0.29, 0.717) is 6.61 Å². The molecular weight excluding hydrogens is 310 g/mol. The van der Waals surface area contributed by atoms with Gasteiger partial charge in [-0.2, -0.15) is 0 Å². The van der Waals surface area contributed by atoms with Crippen molar-refractivity contribution in [2.75, 3.05) is 19.8 Å². The maximum atomic E-state index is 6.14. The molecule has 0 fully saturated rings. The van der Waals surface area contributed by atoms with Crippen molar-refractivity contribution >= 4 is 11.6 Å². The Balaban J connectivity index is 1.77. The second kappa shape index (κ2) is 10.3. The molecule has 0 radical (unpaired) electrons. The molecule has 0 aliphatic carbocycles. The van der Waals surface area contributed by atoms with Gasteiger partial charge in [-0.05, 0) is 43.7 Å². The van der Waals surface area contributed by atoms with Crippen LogP contribution in [0.2, 0.25) is 5.02 Å². The van der Waals surface area contributed by atoms with Crippen molar-refractivity contribution in [3.8, 4) is 5.75 Å². The number of ether oxygens (including phenoxy) is 2. The molecule has 2 aromatic rings.